The highest BCUT2D eigenvalue weighted by Crippen LogP contribution is 2.45. The second-order valence-electron chi connectivity index (χ2n) is 5.79. The summed E-state index contributed by atoms with van der Waals surface area (Å²) in [5.74, 6) is 0.0790. The molecule has 3 nitrogen and oxygen atoms in total. The zero-order chi connectivity index (χ0) is 18.8. The number of sulfone groups is 1. The first kappa shape index (κ1) is 18.9. The van der Waals surface area contributed by atoms with Gasteiger partial charge in [0.1, 0.15) is 0 Å². The van der Waals surface area contributed by atoms with Crippen LogP contribution in [0.3, 0.4) is 0 Å². The van der Waals surface area contributed by atoms with Crippen LogP contribution in [-0.2, 0) is 9.84 Å². The standard InChI is InChI=1S/C20H15Cl2O3S/c21-17-11-4-5-12-19(17)26(24,25)20(22)13-7-6-10-16(20)14-18(23)15-8-2-1-3-9-15/h1-13H,14H2. The molecule has 2 aromatic carbocycles. The van der Waals surface area contributed by atoms with Gasteiger partial charge in [0.05, 0.1) is 9.92 Å². The van der Waals surface area contributed by atoms with Crippen LogP contribution in [0, 0.1) is 5.92 Å². The number of rotatable bonds is 5. The highest BCUT2D eigenvalue weighted by atomic mass is 35.5. The number of Topliss-reactive ketones (excluding diaryl/α,β-unsaturated/α-hetero) is 1. The van der Waals surface area contributed by atoms with E-state index in [0.717, 1.165) is 0 Å². The average Bonchev–Trinajstić information content (AvgIpc) is 2.64. The molecule has 0 spiro atoms. The molecule has 1 atom stereocenters. The molecule has 0 aliphatic heterocycles. The van der Waals surface area contributed by atoms with E-state index in [0.29, 0.717) is 5.56 Å². The molecule has 0 N–H and O–H groups in total. The zero-order valence-electron chi connectivity index (χ0n) is 13.6. The molecule has 0 amide bonds. The number of ketones is 1. The van der Waals surface area contributed by atoms with Crippen LogP contribution in [0.2, 0.25) is 5.02 Å². The highest BCUT2D eigenvalue weighted by Gasteiger charge is 2.49. The first-order chi connectivity index (χ1) is 12.4. The van der Waals surface area contributed by atoms with Gasteiger partial charge in [-0.2, -0.15) is 0 Å². The third-order valence-corrected chi connectivity index (χ3v) is 7.66. The molecule has 3 rings (SSSR count). The molecule has 0 saturated carbocycles. The van der Waals surface area contributed by atoms with E-state index in [9.17, 15) is 13.2 Å². The van der Waals surface area contributed by atoms with Crippen molar-refractivity contribution >= 4 is 38.8 Å². The molecule has 0 fully saturated rings. The number of alkyl halides is 1. The van der Waals surface area contributed by atoms with Crippen LogP contribution in [0.1, 0.15) is 16.8 Å². The van der Waals surface area contributed by atoms with Crippen molar-refractivity contribution in [2.75, 3.05) is 0 Å². The Labute approximate surface area is 162 Å². The molecule has 1 aliphatic rings. The predicted molar refractivity (Wildman–Crippen MR) is 104 cm³/mol. The minimum Gasteiger partial charge on any atom is -0.294 e. The maximum Gasteiger partial charge on any atom is 0.204 e. The summed E-state index contributed by atoms with van der Waals surface area (Å²) >= 11 is 12.7. The van der Waals surface area contributed by atoms with Crippen LogP contribution >= 0.6 is 23.2 Å². The summed E-state index contributed by atoms with van der Waals surface area (Å²) in [7, 11) is -4.06. The monoisotopic (exact) mass is 405 g/mol. The van der Waals surface area contributed by atoms with Crippen molar-refractivity contribution in [2.45, 2.75) is 15.5 Å². The molecular formula is C20H15Cl2O3S. The molecule has 0 saturated heterocycles. The van der Waals surface area contributed by atoms with Crippen molar-refractivity contribution in [3.05, 3.63) is 95.4 Å². The summed E-state index contributed by atoms with van der Waals surface area (Å²) in [5, 5.41) is 0.0872. The highest BCUT2D eigenvalue weighted by molar-refractivity contribution is 7.94. The van der Waals surface area contributed by atoms with Gasteiger partial charge in [0.15, 0.2) is 9.99 Å². The number of halogens is 2. The van der Waals surface area contributed by atoms with Gasteiger partial charge in [-0.1, -0.05) is 83.9 Å². The lowest BCUT2D eigenvalue weighted by atomic mass is 9.92. The summed E-state index contributed by atoms with van der Waals surface area (Å²) in [6.45, 7) is 0. The van der Waals surface area contributed by atoms with Gasteiger partial charge in [0, 0.05) is 17.9 Å². The molecule has 26 heavy (non-hydrogen) atoms. The van der Waals surface area contributed by atoms with Crippen LogP contribution < -0.4 is 0 Å². The Hall–Kier alpha value is -1.88. The van der Waals surface area contributed by atoms with Gasteiger partial charge in [-0.3, -0.25) is 4.79 Å². The first-order valence-electron chi connectivity index (χ1n) is 7.85. The lowest BCUT2D eigenvalue weighted by Crippen LogP contribution is -2.39. The van der Waals surface area contributed by atoms with Crippen molar-refractivity contribution in [1.29, 1.82) is 0 Å². The Morgan fingerprint density at radius 3 is 2.31 bits per heavy atom. The Bertz CT molecular complexity index is 981. The molecule has 133 valence electrons. The average molecular weight is 406 g/mol. The summed E-state index contributed by atoms with van der Waals surface area (Å²) in [6, 6.07) is 14.8. The van der Waals surface area contributed by atoms with Crippen molar-refractivity contribution in [2.24, 2.45) is 0 Å². The van der Waals surface area contributed by atoms with Crippen LogP contribution in [0.5, 0.6) is 0 Å². The van der Waals surface area contributed by atoms with Gasteiger partial charge in [0.25, 0.3) is 0 Å². The smallest absolute Gasteiger partial charge is 0.204 e. The van der Waals surface area contributed by atoms with E-state index in [1.54, 1.807) is 60.7 Å². The van der Waals surface area contributed by atoms with Gasteiger partial charge >= 0.3 is 0 Å². The van der Waals surface area contributed by atoms with E-state index in [1.807, 2.05) is 0 Å². The fourth-order valence-corrected chi connectivity index (χ4v) is 5.27. The topological polar surface area (TPSA) is 51.2 Å². The third-order valence-electron chi connectivity index (χ3n) is 4.12. The second-order valence-corrected chi connectivity index (χ2v) is 9.11. The molecule has 1 radical (unpaired) electrons. The Kier molecular flexibility index (Phi) is 5.37. The Morgan fingerprint density at radius 1 is 0.962 bits per heavy atom. The normalized spacial score (nSPS) is 20.2. The van der Waals surface area contributed by atoms with Crippen LogP contribution in [-0.4, -0.2) is 18.4 Å². The number of carbonyl (C=O) groups excluding carboxylic acids is 1. The lowest BCUT2D eigenvalue weighted by molar-refractivity contribution is 0.0987. The van der Waals surface area contributed by atoms with Crippen molar-refractivity contribution in [3.63, 3.8) is 0 Å². The zero-order valence-corrected chi connectivity index (χ0v) is 15.9. The largest absolute Gasteiger partial charge is 0.294 e. The van der Waals surface area contributed by atoms with E-state index in [-0.39, 0.29) is 28.0 Å². The van der Waals surface area contributed by atoms with E-state index < -0.39 is 14.0 Å². The molecule has 0 bridgehead atoms. The fourth-order valence-electron chi connectivity index (χ4n) is 2.74. The summed E-state index contributed by atoms with van der Waals surface area (Å²) in [5.41, 5.74) is 0.497. The van der Waals surface area contributed by atoms with E-state index in [2.05, 4.69) is 0 Å². The van der Waals surface area contributed by atoms with Crippen molar-refractivity contribution in [3.8, 4) is 0 Å². The minimum atomic E-state index is -4.06. The first-order valence-corrected chi connectivity index (χ1v) is 10.1. The lowest BCUT2D eigenvalue weighted by Gasteiger charge is -2.31. The second kappa shape index (κ2) is 7.39. The number of carbonyl (C=O) groups is 1. The molecule has 0 heterocycles. The summed E-state index contributed by atoms with van der Waals surface area (Å²) in [6.07, 6.45) is 6.05. The van der Waals surface area contributed by atoms with Crippen molar-refractivity contribution in [1.82, 2.24) is 0 Å². The summed E-state index contributed by atoms with van der Waals surface area (Å²) < 4.78 is 24.6. The van der Waals surface area contributed by atoms with Crippen molar-refractivity contribution < 1.29 is 13.2 Å². The molecule has 6 heteroatoms. The van der Waals surface area contributed by atoms with Gasteiger partial charge in [0.2, 0.25) is 9.84 Å². The van der Waals surface area contributed by atoms with E-state index in [4.69, 9.17) is 23.2 Å². The van der Waals surface area contributed by atoms with E-state index >= 15 is 0 Å². The van der Waals surface area contributed by atoms with Gasteiger partial charge in [-0.05, 0) is 18.2 Å². The predicted octanol–water partition coefficient (Wildman–Crippen LogP) is 5.02. The number of benzene rings is 2. The number of allylic oxidation sites excluding steroid dienone is 3. The van der Waals surface area contributed by atoms with Gasteiger partial charge in [-0.25, -0.2) is 8.42 Å². The fraction of sp³-hybridized carbons (Fsp3) is 0.100. The molecule has 0 aromatic heterocycles. The minimum absolute atomic E-state index is 0.0683. The SMILES string of the molecule is O=C(C[C]1C=CC=CC1(Cl)S(=O)(=O)c1ccccc1Cl)c1ccccc1. The maximum absolute atomic E-state index is 13.2. The Morgan fingerprint density at radius 2 is 1.62 bits per heavy atom. The Balaban J connectivity index is 1.98. The third kappa shape index (κ3) is 3.37. The molecule has 2 aromatic rings. The maximum atomic E-state index is 13.2. The van der Waals surface area contributed by atoms with Crippen LogP contribution in [0.25, 0.3) is 0 Å². The number of hydrogen-bond donors (Lipinski definition) is 0. The van der Waals surface area contributed by atoms with Gasteiger partial charge < -0.3 is 0 Å². The number of hydrogen-bond acceptors (Lipinski definition) is 3. The summed E-state index contributed by atoms with van der Waals surface area (Å²) in [4.78, 5) is 12.5. The molecule has 1 aliphatic carbocycles. The van der Waals surface area contributed by atoms with Crippen LogP contribution in [0.4, 0.5) is 0 Å². The van der Waals surface area contributed by atoms with Crippen LogP contribution in [0.15, 0.2) is 83.8 Å². The van der Waals surface area contributed by atoms with Gasteiger partial charge in [-0.15, -0.1) is 0 Å². The molecule has 1 unspecified atom stereocenters. The molecular weight excluding hydrogens is 391 g/mol. The van der Waals surface area contributed by atoms with E-state index in [1.165, 1.54) is 18.2 Å². The quantitative estimate of drug-likeness (QED) is 0.518.